The maximum atomic E-state index is 12.3. The van der Waals surface area contributed by atoms with Crippen molar-refractivity contribution in [1.82, 2.24) is 5.43 Å². The molecule has 0 saturated heterocycles. The molecule has 6 nitrogen and oxygen atoms in total. The summed E-state index contributed by atoms with van der Waals surface area (Å²) in [6, 6.07) is 11.5. The Hall–Kier alpha value is -2.86. The van der Waals surface area contributed by atoms with Crippen molar-refractivity contribution in [3.05, 3.63) is 58.6 Å². The summed E-state index contributed by atoms with van der Waals surface area (Å²) in [5, 5.41) is 17.2. The molecule has 0 atom stereocenters. The lowest BCUT2D eigenvalue weighted by Gasteiger charge is -2.20. The topological polar surface area (TPSA) is 90.8 Å². The minimum Gasteiger partial charge on any atom is -0.507 e. The Morgan fingerprint density at radius 2 is 1.76 bits per heavy atom. The largest absolute Gasteiger partial charge is 0.507 e. The van der Waals surface area contributed by atoms with E-state index in [-0.39, 0.29) is 23.1 Å². The van der Waals surface area contributed by atoms with Gasteiger partial charge in [0.1, 0.15) is 5.75 Å². The summed E-state index contributed by atoms with van der Waals surface area (Å²) in [4.78, 5) is 24.5. The zero-order chi connectivity index (χ0) is 20.8. The standard InChI is InChI=1S/C22H24ClN3O3/c1-14(25-26-22(29)19-13-17(23)9-12-20(19)27)15-7-10-18(11-8-15)24-21(28)16-5-3-2-4-6-16/h7-13,16,27H,2-6H2,1H3,(H,24,28)(H,26,29)/b25-14+. The van der Waals surface area contributed by atoms with Crippen LogP contribution in [-0.2, 0) is 4.79 Å². The molecule has 0 heterocycles. The highest BCUT2D eigenvalue weighted by Gasteiger charge is 2.21. The van der Waals surface area contributed by atoms with Gasteiger partial charge in [-0.2, -0.15) is 5.10 Å². The first kappa shape index (κ1) is 20.9. The fourth-order valence-electron chi connectivity index (χ4n) is 3.35. The van der Waals surface area contributed by atoms with Crippen molar-refractivity contribution in [3.8, 4) is 5.75 Å². The number of benzene rings is 2. The molecule has 0 spiro atoms. The normalized spacial score (nSPS) is 15.0. The van der Waals surface area contributed by atoms with Gasteiger partial charge in [-0.3, -0.25) is 9.59 Å². The molecule has 3 rings (SSSR count). The summed E-state index contributed by atoms with van der Waals surface area (Å²) in [5.74, 6) is -0.542. The number of nitrogens with one attached hydrogen (secondary N) is 2. The zero-order valence-electron chi connectivity index (χ0n) is 16.2. The van der Waals surface area contributed by atoms with E-state index in [1.54, 1.807) is 6.92 Å². The first-order chi connectivity index (χ1) is 13.9. The lowest BCUT2D eigenvalue weighted by molar-refractivity contribution is -0.120. The average molecular weight is 414 g/mol. The van der Waals surface area contributed by atoms with Gasteiger partial charge in [-0.25, -0.2) is 5.43 Å². The molecule has 1 aliphatic carbocycles. The molecule has 7 heteroatoms. The SMILES string of the molecule is C/C(=N\NC(=O)c1cc(Cl)ccc1O)c1ccc(NC(=O)C2CCCCC2)cc1. The third kappa shape index (κ3) is 5.57. The van der Waals surface area contributed by atoms with Gasteiger partial charge in [0.25, 0.3) is 5.91 Å². The number of rotatable bonds is 5. The first-order valence-corrected chi connectivity index (χ1v) is 10.1. The van der Waals surface area contributed by atoms with E-state index in [2.05, 4.69) is 15.8 Å². The van der Waals surface area contributed by atoms with Gasteiger partial charge in [-0.1, -0.05) is 43.0 Å². The van der Waals surface area contributed by atoms with Crippen LogP contribution in [0.4, 0.5) is 5.69 Å². The minimum atomic E-state index is -0.555. The van der Waals surface area contributed by atoms with Gasteiger partial charge >= 0.3 is 0 Å². The van der Waals surface area contributed by atoms with Crippen LogP contribution < -0.4 is 10.7 Å². The average Bonchev–Trinajstić information content (AvgIpc) is 2.74. The van der Waals surface area contributed by atoms with E-state index in [0.717, 1.165) is 36.9 Å². The van der Waals surface area contributed by atoms with Gasteiger partial charge in [0.15, 0.2) is 0 Å². The Kier molecular flexibility index (Phi) is 6.88. The number of anilines is 1. The van der Waals surface area contributed by atoms with Crippen LogP contribution in [-0.4, -0.2) is 22.6 Å². The van der Waals surface area contributed by atoms with Crippen molar-refractivity contribution in [2.75, 3.05) is 5.32 Å². The highest BCUT2D eigenvalue weighted by molar-refractivity contribution is 6.31. The van der Waals surface area contributed by atoms with Crippen LogP contribution in [0.15, 0.2) is 47.6 Å². The van der Waals surface area contributed by atoms with Crippen molar-refractivity contribution in [2.24, 2.45) is 11.0 Å². The summed E-state index contributed by atoms with van der Waals surface area (Å²) < 4.78 is 0. The van der Waals surface area contributed by atoms with E-state index in [9.17, 15) is 14.7 Å². The number of halogens is 1. The molecule has 0 aliphatic heterocycles. The van der Waals surface area contributed by atoms with E-state index < -0.39 is 5.91 Å². The molecular weight excluding hydrogens is 390 g/mol. The fourth-order valence-corrected chi connectivity index (χ4v) is 3.53. The van der Waals surface area contributed by atoms with Crippen molar-refractivity contribution in [3.63, 3.8) is 0 Å². The van der Waals surface area contributed by atoms with Gasteiger partial charge in [-0.05, 0) is 55.7 Å². The second-order valence-electron chi connectivity index (χ2n) is 7.20. The lowest BCUT2D eigenvalue weighted by Crippen LogP contribution is -2.24. The molecular formula is C22H24ClN3O3. The summed E-state index contributed by atoms with van der Waals surface area (Å²) in [5.41, 5.74) is 4.60. The van der Waals surface area contributed by atoms with Gasteiger partial charge < -0.3 is 10.4 Å². The number of nitrogens with zero attached hydrogens (tertiary/aromatic N) is 1. The summed E-state index contributed by atoms with van der Waals surface area (Å²) in [6.45, 7) is 1.76. The van der Waals surface area contributed by atoms with Crippen LogP contribution in [0.1, 0.15) is 54.9 Å². The third-order valence-electron chi connectivity index (χ3n) is 5.07. The monoisotopic (exact) mass is 413 g/mol. The molecule has 29 heavy (non-hydrogen) atoms. The molecule has 1 aliphatic rings. The summed E-state index contributed by atoms with van der Waals surface area (Å²) in [7, 11) is 0. The minimum absolute atomic E-state index is 0.0508. The highest BCUT2D eigenvalue weighted by atomic mass is 35.5. The zero-order valence-corrected chi connectivity index (χ0v) is 17.0. The lowest BCUT2D eigenvalue weighted by atomic mass is 9.88. The van der Waals surface area contributed by atoms with Gasteiger partial charge in [0, 0.05) is 16.6 Å². The molecule has 152 valence electrons. The molecule has 3 N–H and O–H groups in total. The Balaban J connectivity index is 1.60. The van der Waals surface area contributed by atoms with E-state index in [1.165, 1.54) is 24.6 Å². The van der Waals surface area contributed by atoms with Crippen LogP contribution in [0.3, 0.4) is 0 Å². The van der Waals surface area contributed by atoms with E-state index >= 15 is 0 Å². The summed E-state index contributed by atoms with van der Waals surface area (Å²) in [6.07, 6.45) is 5.36. The van der Waals surface area contributed by atoms with E-state index in [1.807, 2.05) is 24.3 Å². The third-order valence-corrected chi connectivity index (χ3v) is 5.31. The van der Waals surface area contributed by atoms with Crippen LogP contribution in [0.5, 0.6) is 5.75 Å². The van der Waals surface area contributed by atoms with Crippen molar-refractivity contribution >= 4 is 34.8 Å². The molecule has 0 bridgehead atoms. The number of hydrogen-bond acceptors (Lipinski definition) is 4. The number of amides is 2. The van der Waals surface area contributed by atoms with Gasteiger partial charge in [0.2, 0.25) is 5.91 Å². The molecule has 2 aromatic carbocycles. The molecule has 2 amide bonds. The highest BCUT2D eigenvalue weighted by Crippen LogP contribution is 2.25. The van der Waals surface area contributed by atoms with E-state index in [4.69, 9.17) is 11.6 Å². The van der Waals surface area contributed by atoms with Gasteiger partial charge in [-0.15, -0.1) is 0 Å². The molecule has 0 radical (unpaired) electrons. The first-order valence-electron chi connectivity index (χ1n) is 9.68. The van der Waals surface area contributed by atoms with Gasteiger partial charge in [0.05, 0.1) is 11.3 Å². The number of hydrogen-bond donors (Lipinski definition) is 3. The molecule has 0 unspecified atom stereocenters. The predicted molar refractivity (Wildman–Crippen MR) is 114 cm³/mol. The van der Waals surface area contributed by atoms with E-state index in [0.29, 0.717) is 10.7 Å². The van der Waals surface area contributed by atoms with Crippen LogP contribution >= 0.6 is 11.6 Å². The van der Waals surface area contributed by atoms with Crippen molar-refractivity contribution in [2.45, 2.75) is 39.0 Å². The Morgan fingerprint density at radius 1 is 1.07 bits per heavy atom. The number of phenols is 1. The Morgan fingerprint density at radius 3 is 2.45 bits per heavy atom. The quantitative estimate of drug-likeness (QED) is 0.489. The van der Waals surface area contributed by atoms with Crippen molar-refractivity contribution in [1.29, 1.82) is 0 Å². The molecule has 2 aromatic rings. The Labute approximate surface area is 175 Å². The number of hydrazone groups is 1. The molecule has 1 saturated carbocycles. The number of phenolic OH excluding ortho intramolecular Hbond substituents is 1. The number of aromatic hydroxyl groups is 1. The van der Waals surface area contributed by atoms with Crippen LogP contribution in [0.2, 0.25) is 5.02 Å². The fraction of sp³-hybridized carbons (Fsp3) is 0.318. The smallest absolute Gasteiger partial charge is 0.275 e. The number of carbonyl (C=O) groups is 2. The van der Waals surface area contributed by atoms with Crippen molar-refractivity contribution < 1.29 is 14.7 Å². The molecule has 0 aromatic heterocycles. The Bertz CT molecular complexity index is 919. The summed E-state index contributed by atoms with van der Waals surface area (Å²) >= 11 is 5.86. The maximum absolute atomic E-state index is 12.3. The second kappa shape index (κ2) is 9.56. The van der Waals surface area contributed by atoms with Crippen LogP contribution in [0, 0.1) is 5.92 Å². The van der Waals surface area contributed by atoms with Crippen LogP contribution in [0.25, 0.3) is 0 Å². The molecule has 1 fully saturated rings. The maximum Gasteiger partial charge on any atom is 0.275 e. The number of carbonyl (C=O) groups excluding carboxylic acids is 2. The predicted octanol–water partition coefficient (Wildman–Crippen LogP) is 4.72. The second-order valence-corrected chi connectivity index (χ2v) is 7.64.